The summed E-state index contributed by atoms with van der Waals surface area (Å²) < 4.78 is 17.6. The molecule has 0 aromatic carbocycles. The van der Waals surface area contributed by atoms with Crippen LogP contribution < -0.4 is 21.5 Å². The van der Waals surface area contributed by atoms with Crippen molar-refractivity contribution in [1.82, 2.24) is 24.0 Å². The van der Waals surface area contributed by atoms with E-state index in [-0.39, 0.29) is 11.2 Å². The number of aromatic nitrogens is 4. The van der Waals surface area contributed by atoms with Crippen LogP contribution in [0.4, 0.5) is 5.95 Å². The minimum Gasteiger partial charge on any atom is -0.378 e. The van der Waals surface area contributed by atoms with Crippen LogP contribution in [-0.2, 0) is 30.1 Å². The van der Waals surface area contributed by atoms with Crippen molar-refractivity contribution in [3.8, 4) is 0 Å². The van der Waals surface area contributed by atoms with Crippen molar-refractivity contribution in [2.75, 3.05) is 64.1 Å². The molecule has 2 fully saturated rings. The number of imidazole rings is 1. The minimum atomic E-state index is -0.368. The lowest BCUT2D eigenvalue weighted by Crippen LogP contribution is -2.39. The predicted octanol–water partition coefficient (Wildman–Crippen LogP) is -1.68. The minimum absolute atomic E-state index is 0.312. The lowest BCUT2D eigenvalue weighted by molar-refractivity contribution is -0.546. The summed E-state index contributed by atoms with van der Waals surface area (Å²) in [5, 5.41) is 3.35. The Morgan fingerprint density at radius 1 is 1.07 bits per heavy atom. The van der Waals surface area contributed by atoms with Crippen LogP contribution in [0.25, 0.3) is 11.2 Å². The number of morpholine rings is 2. The molecule has 4 rings (SSSR count). The number of fused-ring (bicyclic) bond motifs is 1. The van der Waals surface area contributed by atoms with Gasteiger partial charge in [0.15, 0.2) is 11.2 Å². The predicted molar refractivity (Wildman–Crippen MR) is 113 cm³/mol. The Morgan fingerprint density at radius 2 is 1.77 bits per heavy atom. The first-order valence-electron chi connectivity index (χ1n) is 10.5. The maximum Gasteiger partial charge on any atom is 0.332 e. The molecule has 0 spiro atoms. The van der Waals surface area contributed by atoms with E-state index in [4.69, 9.17) is 14.5 Å². The number of anilines is 1. The zero-order chi connectivity index (χ0) is 21.1. The molecular formula is C19H30N7O4+. The second-order valence-corrected chi connectivity index (χ2v) is 7.63. The van der Waals surface area contributed by atoms with E-state index in [0.717, 1.165) is 49.8 Å². The summed E-state index contributed by atoms with van der Waals surface area (Å²) in [5.74, 6) is 0.726. The standard InChI is InChI=1S/C19H29N7O4/c1-22-16-15(17(27)23(2)19(22)28)26(18(21-16)25-8-12-30-13-9-25)5-3-4-20-14-24-6-10-29-11-7-24/h14H,3-13H2,1-2H3/p+1. The molecule has 4 heterocycles. The van der Waals surface area contributed by atoms with Crippen LogP contribution in [-0.4, -0.2) is 88.8 Å². The summed E-state index contributed by atoms with van der Waals surface area (Å²) in [6.45, 7) is 7.35. The quantitative estimate of drug-likeness (QED) is 0.339. The van der Waals surface area contributed by atoms with E-state index >= 15 is 0 Å². The molecule has 0 saturated carbocycles. The van der Waals surface area contributed by atoms with Gasteiger partial charge < -0.3 is 18.9 Å². The average Bonchev–Trinajstić information content (AvgIpc) is 3.17. The average molecular weight is 420 g/mol. The molecule has 2 aromatic rings. The second kappa shape index (κ2) is 9.00. The Labute approximate surface area is 174 Å². The van der Waals surface area contributed by atoms with Crippen molar-refractivity contribution in [1.29, 1.82) is 0 Å². The van der Waals surface area contributed by atoms with Crippen LogP contribution >= 0.6 is 0 Å². The fourth-order valence-corrected chi connectivity index (χ4v) is 3.89. The van der Waals surface area contributed by atoms with Gasteiger partial charge >= 0.3 is 5.69 Å². The lowest BCUT2D eigenvalue weighted by atomic mass is 10.4. The van der Waals surface area contributed by atoms with E-state index in [1.165, 1.54) is 11.6 Å². The number of aryl methyl sites for hydroxylation is 2. The van der Waals surface area contributed by atoms with Gasteiger partial charge in [-0.05, 0) is 0 Å². The van der Waals surface area contributed by atoms with Crippen LogP contribution in [0.1, 0.15) is 6.42 Å². The summed E-state index contributed by atoms with van der Waals surface area (Å²) in [4.78, 5) is 32.1. The van der Waals surface area contributed by atoms with Gasteiger partial charge in [-0.3, -0.25) is 23.8 Å². The van der Waals surface area contributed by atoms with Gasteiger partial charge in [0.25, 0.3) is 5.56 Å². The van der Waals surface area contributed by atoms with Crippen LogP contribution in [0, 0.1) is 0 Å². The van der Waals surface area contributed by atoms with E-state index in [1.54, 1.807) is 7.05 Å². The second-order valence-electron chi connectivity index (χ2n) is 7.63. The van der Waals surface area contributed by atoms with Gasteiger partial charge in [-0.15, -0.1) is 0 Å². The van der Waals surface area contributed by atoms with E-state index in [9.17, 15) is 9.59 Å². The maximum atomic E-state index is 12.9. The van der Waals surface area contributed by atoms with Gasteiger partial charge in [0.2, 0.25) is 12.3 Å². The van der Waals surface area contributed by atoms with Crippen LogP contribution in [0.5, 0.6) is 0 Å². The molecule has 1 N–H and O–H groups in total. The normalized spacial score (nSPS) is 17.5. The lowest BCUT2D eigenvalue weighted by Gasteiger charge is -2.28. The highest BCUT2D eigenvalue weighted by atomic mass is 16.5. The van der Waals surface area contributed by atoms with Crippen LogP contribution in [0.3, 0.4) is 0 Å². The summed E-state index contributed by atoms with van der Waals surface area (Å²) in [5.41, 5.74) is 0.219. The van der Waals surface area contributed by atoms with Gasteiger partial charge in [0, 0.05) is 40.2 Å². The molecule has 2 aliphatic heterocycles. The number of nitrogens with zero attached hydrogens (tertiary/aromatic N) is 6. The van der Waals surface area contributed by atoms with Gasteiger partial charge in [-0.25, -0.2) is 4.79 Å². The molecule has 0 amide bonds. The van der Waals surface area contributed by atoms with E-state index in [0.29, 0.717) is 44.0 Å². The molecule has 2 aromatic heterocycles. The Balaban J connectivity index is 1.59. The Hall–Kier alpha value is -2.66. The molecular weight excluding hydrogens is 390 g/mol. The largest absolute Gasteiger partial charge is 0.378 e. The fourth-order valence-electron chi connectivity index (χ4n) is 3.89. The highest BCUT2D eigenvalue weighted by Gasteiger charge is 2.23. The summed E-state index contributed by atoms with van der Waals surface area (Å²) in [6.07, 6.45) is 2.83. The van der Waals surface area contributed by atoms with Crippen molar-refractivity contribution >= 4 is 23.5 Å². The molecule has 0 bridgehead atoms. The monoisotopic (exact) mass is 420 g/mol. The highest BCUT2D eigenvalue weighted by molar-refractivity contribution is 5.74. The third-order valence-corrected chi connectivity index (χ3v) is 5.64. The van der Waals surface area contributed by atoms with Crippen molar-refractivity contribution < 1.29 is 14.0 Å². The Morgan fingerprint density at radius 3 is 2.50 bits per heavy atom. The molecule has 0 unspecified atom stereocenters. The van der Waals surface area contributed by atoms with Crippen LogP contribution in [0.2, 0.25) is 0 Å². The smallest absolute Gasteiger partial charge is 0.332 e. The van der Waals surface area contributed by atoms with Crippen molar-refractivity contribution in [2.24, 2.45) is 14.1 Å². The first-order valence-corrected chi connectivity index (χ1v) is 10.5. The van der Waals surface area contributed by atoms with Gasteiger partial charge in [-0.2, -0.15) is 4.98 Å². The number of hydrogen-bond donors (Lipinski definition) is 1. The molecule has 0 aliphatic carbocycles. The SMILES string of the molecule is Cn1c(=O)c2c(nc(N3CCOCC3)n2CCCNC=[N+]2CCOCC2)n(C)c1=O. The third-order valence-electron chi connectivity index (χ3n) is 5.64. The fraction of sp³-hybridized carbons (Fsp3) is 0.684. The first kappa shape index (κ1) is 20.6. The number of ether oxygens (including phenoxy) is 2. The summed E-state index contributed by atoms with van der Waals surface area (Å²) in [6, 6.07) is 0. The Kier molecular flexibility index (Phi) is 6.18. The molecule has 2 aliphatic rings. The summed E-state index contributed by atoms with van der Waals surface area (Å²) in [7, 11) is 3.16. The van der Waals surface area contributed by atoms with E-state index in [1.807, 2.05) is 10.9 Å². The zero-order valence-electron chi connectivity index (χ0n) is 17.7. The van der Waals surface area contributed by atoms with Crippen molar-refractivity contribution in [3.05, 3.63) is 20.8 Å². The van der Waals surface area contributed by atoms with Crippen LogP contribution in [0.15, 0.2) is 9.59 Å². The first-order chi connectivity index (χ1) is 14.6. The van der Waals surface area contributed by atoms with Gasteiger partial charge in [-0.1, -0.05) is 0 Å². The molecule has 30 heavy (non-hydrogen) atoms. The molecule has 164 valence electrons. The highest BCUT2D eigenvalue weighted by Crippen LogP contribution is 2.21. The number of rotatable bonds is 6. The Bertz CT molecular complexity index is 1040. The van der Waals surface area contributed by atoms with Crippen molar-refractivity contribution in [2.45, 2.75) is 13.0 Å². The molecule has 2 saturated heterocycles. The molecule has 0 atom stereocenters. The maximum absolute atomic E-state index is 12.9. The molecule has 11 heteroatoms. The van der Waals surface area contributed by atoms with E-state index in [2.05, 4.69) is 14.8 Å². The van der Waals surface area contributed by atoms with Gasteiger partial charge in [0.1, 0.15) is 13.1 Å². The topological polar surface area (TPSA) is 98.6 Å². The number of hydrogen-bond acceptors (Lipinski definition) is 6. The van der Waals surface area contributed by atoms with Gasteiger partial charge in [0.05, 0.1) is 33.0 Å². The zero-order valence-corrected chi connectivity index (χ0v) is 17.7. The van der Waals surface area contributed by atoms with Crippen molar-refractivity contribution in [3.63, 3.8) is 0 Å². The molecule has 0 radical (unpaired) electrons. The third kappa shape index (κ3) is 3.99. The van der Waals surface area contributed by atoms with E-state index < -0.39 is 0 Å². The molecule has 11 nitrogen and oxygen atoms in total. The summed E-state index contributed by atoms with van der Waals surface area (Å²) >= 11 is 0. The number of nitrogens with one attached hydrogen (secondary N) is 1.